The zero-order chi connectivity index (χ0) is 20.5. The van der Waals surface area contributed by atoms with Crippen molar-refractivity contribution in [3.05, 3.63) is 52.1 Å². The fourth-order valence-corrected chi connectivity index (χ4v) is 4.74. The van der Waals surface area contributed by atoms with Crippen molar-refractivity contribution < 1.29 is 18.8 Å². The van der Waals surface area contributed by atoms with Crippen molar-refractivity contribution >= 4 is 11.6 Å². The lowest BCUT2D eigenvalue weighted by Gasteiger charge is -2.28. The Balaban J connectivity index is 1.35. The van der Waals surface area contributed by atoms with Gasteiger partial charge in [0.25, 0.3) is 5.91 Å². The summed E-state index contributed by atoms with van der Waals surface area (Å²) < 4.78 is 20.1. The van der Waals surface area contributed by atoms with Crippen molar-refractivity contribution in [2.24, 2.45) is 17.8 Å². The number of halogens is 1. The van der Waals surface area contributed by atoms with Gasteiger partial charge in [-0.1, -0.05) is 6.42 Å². The summed E-state index contributed by atoms with van der Waals surface area (Å²) in [5.74, 6) is 0.963. The van der Waals surface area contributed by atoms with Gasteiger partial charge in [-0.3, -0.25) is 14.9 Å². The molecule has 2 aliphatic rings. The van der Waals surface area contributed by atoms with E-state index >= 15 is 0 Å². The topological polar surface area (TPSA) is 99.3 Å². The Labute approximate surface area is 167 Å². The Kier molecular flexibility index (Phi) is 5.21. The third-order valence-corrected chi connectivity index (χ3v) is 6.14. The molecule has 2 fully saturated rings. The van der Waals surface area contributed by atoms with E-state index in [9.17, 15) is 19.3 Å². The lowest BCUT2D eigenvalue weighted by molar-refractivity contribution is -0.386. The van der Waals surface area contributed by atoms with Crippen LogP contribution in [-0.2, 0) is 6.73 Å². The number of fused-ring (bicyclic) bond motifs is 2. The number of carbonyl (C=O) groups is 1. The van der Waals surface area contributed by atoms with Crippen molar-refractivity contribution in [2.75, 3.05) is 0 Å². The number of hydrogen-bond donors (Lipinski definition) is 1. The van der Waals surface area contributed by atoms with Crippen LogP contribution in [0.3, 0.4) is 0 Å². The molecular formula is C20H23FN4O4. The minimum absolute atomic E-state index is 0.0918. The van der Waals surface area contributed by atoms with E-state index in [1.807, 2.05) is 6.92 Å². The number of nitro groups is 1. The molecule has 2 saturated carbocycles. The van der Waals surface area contributed by atoms with E-state index < -0.39 is 10.7 Å². The van der Waals surface area contributed by atoms with Crippen LogP contribution in [0.25, 0.3) is 0 Å². The van der Waals surface area contributed by atoms with Crippen molar-refractivity contribution in [1.82, 2.24) is 15.1 Å². The van der Waals surface area contributed by atoms with Crippen LogP contribution in [0.4, 0.5) is 10.1 Å². The molecule has 1 aromatic heterocycles. The van der Waals surface area contributed by atoms with Crippen LogP contribution in [0.15, 0.2) is 30.5 Å². The van der Waals surface area contributed by atoms with Gasteiger partial charge in [0.2, 0.25) is 5.75 Å². The maximum atomic E-state index is 13.4. The first kappa shape index (κ1) is 19.4. The summed E-state index contributed by atoms with van der Waals surface area (Å²) in [6.07, 6.45) is 6.58. The summed E-state index contributed by atoms with van der Waals surface area (Å²) in [4.78, 5) is 22.9. The van der Waals surface area contributed by atoms with Gasteiger partial charge in [0, 0.05) is 24.4 Å². The highest BCUT2D eigenvalue weighted by Gasteiger charge is 2.42. The molecule has 2 aliphatic carbocycles. The minimum Gasteiger partial charge on any atom is -0.464 e. The standard InChI is InChI=1S/C20H23FN4O4/c1-12(16-9-13-2-3-14(16)8-13)22-20(26)17-6-7-24(23-17)11-29-19-10-15(21)4-5-18(19)25(27)28/h4-7,10,12-14,16H,2-3,8-9,11H2,1H3,(H,22,26). The highest BCUT2D eigenvalue weighted by Crippen LogP contribution is 2.49. The van der Waals surface area contributed by atoms with Gasteiger partial charge in [0.1, 0.15) is 11.5 Å². The Bertz CT molecular complexity index is 931. The van der Waals surface area contributed by atoms with Gasteiger partial charge >= 0.3 is 5.69 Å². The summed E-state index contributed by atoms with van der Waals surface area (Å²) in [6, 6.07) is 4.65. The Morgan fingerprint density at radius 1 is 1.41 bits per heavy atom. The molecule has 0 spiro atoms. The minimum atomic E-state index is -0.645. The Morgan fingerprint density at radius 3 is 2.93 bits per heavy atom. The number of amides is 1. The molecule has 0 saturated heterocycles. The molecule has 1 amide bonds. The van der Waals surface area contributed by atoms with E-state index in [1.54, 1.807) is 12.3 Å². The summed E-state index contributed by atoms with van der Waals surface area (Å²) >= 11 is 0. The smallest absolute Gasteiger partial charge is 0.311 e. The van der Waals surface area contributed by atoms with E-state index in [0.717, 1.165) is 24.1 Å². The zero-order valence-corrected chi connectivity index (χ0v) is 16.1. The number of rotatable bonds is 7. The molecule has 2 bridgehead atoms. The Morgan fingerprint density at radius 2 is 2.24 bits per heavy atom. The first-order chi connectivity index (χ1) is 13.9. The molecular weight excluding hydrogens is 379 g/mol. The van der Waals surface area contributed by atoms with E-state index in [-0.39, 0.29) is 35.8 Å². The molecule has 0 radical (unpaired) electrons. The van der Waals surface area contributed by atoms with E-state index in [1.165, 1.54) is 30.4 Å². The molecule has 9 heteroatoms. The van der Waals surface area contributed by atoms with Gasteiger partial charge in [0.05, 0.1) is 4.92 Å². The van der Waals surface area contributed by atoms with E-state index in [2.05, 4.69) is 10.4 Å². The van der Waals surface area contributed by atoms with Gasteiger partial charge in [-0.25, -0.2) is 9.07 Å². The molecule has 2 aromatic rings. The second kappa shape index (κ2) is 7.81. The fraction of sp³-hybridized carbons (Fsp3) is 0.500. The molecule has 1 N–H and O–H groups in total. The van der Waals surface area contributed by atoms with Crippen LogP contribution >= 0.6 is 0 Å². The van der Waals surface area contributed by atoms with Crippen LogP contribution in [0.1, 0.15) is 43.1 Å². The quantitative estimate of drug-likeness (QED) is 0.564. The summed E-state index contributed by atoms with van der Waals surface area (Å²) in [5, 5.41) is 18.2. The average Bonchev–Trinajstić information content (AvgIpc) is 3.42. The molecule has 4 rings (SSSR count). The monoisotopic (exact) mass is 402 g/mol. The van der Waals surface area contributed by atoms with Crippen molar-refractivity contribution in [3.63, 3.8) is 0 Å². The summed E-state index contributed by atoms with van der Waals surface area (Å²) in [5.41, 5.74) is -0.0893. The number of ether oxygens (including phenoxy) is 1. The number of nitro benzene ring substituents is 1. The molecule has 1 aromatic carbocycles. The fourth-order valence-electron chi connectivity index (χ4n) is 4.74. The molecule has 4 atom stereocenters. The molecule has 4 unspecified atom stereocenters. The summed E-state index contributed by atoms with van der Waals surface area (Å²) in [6.45, 7) is 1.87. The number of nitrogens with one attached hydrogen (secondary N) is 1. The molecule has 1 heterocycles. The first-order valence-corrected chi connectivity index (χ1v) is 9.81. The second-order valence-electron chi connectivity index (χ2n) is 7.98. The average molecular weight is 402 g/mol. The van der Waals surface area contributed by atoms with Crippen molar-refractivity contribution in [1.29, 1.82) is 0 Å². The van der Waals surface area contributed by atoms with Crippen LogP contribution in [0, 0.1) is 33.7 Å². The zero-order valence-electron chi connectivity index (χ0n) is 16.1. The van der Waals surface area contributed by atoms with Gasteiger partial charge in [-0.05, 0) is 56.1 Å². The second-order valence-corrected chi connectivity index (χ2v) is 7.98. The number of nitrogens with zero attached hydrogens (tertiary/aromatic N) is 3. The third-order valence-electron chi connectivity index (χ3n) is 6.14. The molecule has 8 nitrogen and oxygen atoms in total. The predicted molar refractivity (Wildman–Crippen MR) is 102 cm³/mol. The number of aromatic nitrogens is 2. The lowest BCUT2D eigenvalue weighted by atomic mass is 9.84. The Hall–Kier alpha value is -2.97. The van der Waals surface area contributed by atoms with Gasteiger partial charge in [-0.2, -0.15) is 5.10 Å². The maximum absolute atomic E-state index is 13.4. The predicted octanol–water partition coefficient (Wildman–Crippen LogP) is 3.52. The van der Waals surface area contributed by atoms with Crippen LogP contribution < -0.4 is 10.1 Å². The van der Waals surface area contributed by atoms with Crippen LogP contribution in [0.5, 0.6) is 5.75 Å². The van der Waals surface area contributed by atoms with Gasteiger partial charge in [-0.15, -0.1) is 0 Å². The van der Waals surface area contributed by atoms with E-state index in [0.29, 0.717) is 11.8 Å². The molecule has 29 heavy (non-hydrogen) atoms. The van der Waals surface area contributed by atoms with E-state index in [4.69, 9.17) is 4.74 Å². The van der Waals surface area contributed by atoms with Crippen molar-refractivity contribution in [2.45, 2.75) is 45.4 Å². The molecule has 154 valence electrons. The lowest BCUT2D eigenvalue weighted by Crippen LogP contribution is -2.40. The highest BCUT2D eigenvalue weighted by atomic mass is 19.1. The number of hydrogen-bond acceptors (Lipinski definition) is 5. The maximum Gasteiger partial charge on any atom is 0.311 e. The number of carbonyl (C=O) groups excluding carboxylic acids is 1. The SMILES string of the molecule is CC(NC(=O)c1ccn(COc2cc(F)ccc2[N+](=O)[O-])n1)C1CC2CCC1C2. The van der Waals surface area contributed by atoms with Crippen LogP contribution in [-0.4, -0.2) is 26.7 Å². The first-order valence-electron chi connectivity index (χ1n) is 9.81. The van der Waals surface area contributed by atoms with Gasteiger partial charge in [0.15, 0.2) is 6.73 Å². The largest absolute Gasteiger partial charge is 0.464 e. The van der Waals surface area contributed by atoms with Crippen LogP contribution in [0.2, 0.25) is 0 Å². The number of benzene rings is 1. The molecule has 0 aliphatic heterocycles. The third kappa shape index (κ3) is 4.08. The summed E-state index contributed by atoms with van der Waals surface area (Å²) in [7, 11) is 0. The van der Waals surface area contributed by atoms with Gasteiger partial charge < -0.3 is 10.1 Å². The highest BCUT2D eigenvalue weighted by molar-refractivity contribution is 5.92. The normalized spacial score (nSPS) is 23.7. The van der Waals surface area contributed by atoms with Crippen molar-refractivity contribution in [3.8, 4) is 5.75 Å².